The van der Waals surface area contributed by atoms with E-state index in [0.717, 1.165) is 21.9 Å². The normalized spacial score (nSPS) is 10.2. The van der Waals surface area contributed by atoms with Gasteiger partial charge >= 0.3 is 11.8 Å². The molecule has 120 valence electrons. The summed E-state index contributed by atoms with van der Waals surface area (Å²) in [4.78, 5) is 27.9. The number of pyridine rings is 1. The average Bonchev–Trinajstić information content (AvgIpc) is 2.56. The molecule has 0 fully saturated rings. The lowest BCUT2D eigenvalue weighted by atomic mass is 10.1. The topological polar surface area (TPSA) is 71.1 Å². The molecule has 2 N–H and O–H groups in total. The highest BCUT2D eigenvalue weighted by Crippen LogP contribution is 2.16. The zero-order valence-electron chi connectivity index (χ0n) is 13.1. The first-order valence-electron chi connectivity index (χ1n) is 7.32. The summed E-state index contributed by atoms with van der Waals surface area (Å²) >= 11 is 1.61. The number of nitrogens with one attached hydrogen (secondary N) is 2. The van der Waals surface area contributed by atoms with E-state index >= 15 is 0 Å². The van der Waals surface area contributed by atoms with Crippen LogP contribution in [0.3, 0.4) is 0 Å². The smallest absolute Gasteiger partial charge is 0.313 e. The van der Waals surface area contributed by atoms with Crippen LogP contribution < -0.4 is 10.6 Å². The number of carbonyl (C=O) groups excluding carboxylic acids is 2. The van der Waals surface area contributed by atoms with E-state index in [1.165, 1.54) is 0 Å². The molecule has 0 aliphatic rings. The molecule has 0 atom stereocenters. The average molecular weight is 329 g/mol. The summed E-state index contributed by atoms with van der Waals surface area (Å²) in [6.45, 7) is 4.35. The number of carbonyl (C=O) groups is 2. The largest absolute Gasteiger partial charge is 0.344 e. The van der Waals surface area contributed by atoms with E-state index in [9.17, 15) is 9.59 Å². The molecule has 0 aliphatic carbocycles. The molecule has 6 heteroatoms. The second-order valence-electron chi connectivity index (χ2n) is 4.94. The lowest BCUT2D eigenvalue weighted by molar-refractivity contribution is -0.136. The highest BCUT2D eigenvalue weighted by Gasteiger charge is 2.13. The Bertz CT molecular complexity index is 669. The van der Waals surface area contributed by atoms with Crippen LogP contribution in [0.15, 0.2) is 47.6 Å². The number of benzene rings is 1. The van der Waals surface area contributed by atoms with Crippen LogP contribution in [0, 0.1) is 6.92 Å². The van der Waals surface area contributed by atoms with E-state index in [4.69, 9.17) is 0 Å². The Morgan fingerprint density at radius 3 is 2.43 bits per heavy atom. The molecule has 0 saturated heterocycles. The molecule has 0 spiro atoms. The number of anilines is 1. The van der Waals surface area contributed by atoms with Gasteiger partial charge in [0.15, 0.2) is 0 Å². The highest BCUT2D eigenvalue weighted by molar-refractivity contribution is 7.99. The fourth-order valence-corrected chi connectivity index (χ4v) is 2.43. The minimum atomic E-state index is -0.699. The van der Waals surface area contributed by atoms with E-state index < -0.39 is 11.8 Å². The maximum absolute atomic E-state index is 11.8. The lowest BCUT2D eigenvalue weighted by Gasteiger charge is -2.07. The SMILES string of the molecule is CCSc1ccc(NC(=O)C(=O)NCc2ccc(C)cc2)cn1. The fourth-order valence-electron chi connectivity index (χ4n) is 1.84. The van der Waals surface area contributed by atoms with Crippen molar-refractivity contribution in [2.24, 2.45) is 0 Å². The molecular weight excluding hydrogens is 310 g/mol. The van der Waals surface area contributed by atoms with Gasteiger partial charge in [0.2, 0.25) is 0 Å². The van der Waals surface area contributed by atoms with Gasteiger partial charge in [-0.1, -0.05) is 36.8 Å². The molecule has 2 aromatic rings. The van der Waals surface area contributed by atoms with Crippen LogP contribution in [0.2, 0.25) is 0 Å². The molecular formula is C17H19N3O2S. The lowest BCUT2D eigenvalue weighted by Crippen LogP contribution is -2.34. The standard InChI is InChI=1S/C17H19N3O2S/c1-3-23-15-9-8-14(11-18-15)20-17(22)16(21)19-10-13-6-4-12(2)5-7-13/h4-9,11H,3,10H2,1-2H3,(H,19,21)(H,20,22). The van der Waals surface area contributed by atoms with Crippen molar-refractivity contribution in [3.8, 4) is 0 Å². The molecule has 23 heavy (non-hydrogen) atoms. The van der Waals surface area contributed by atoms with Crippen molar-refractivity contribution in [3.05, 3.63) is 53.7 Å². The van der Waals surface area contributed by atoms with Gasteiger partial charge in [-0.3, -0.25) is 9.59 Å². The zero-order chi connectivity index (χ0) is 16.7. The first kappa shape index (κ1) is 17.0. The fraction of sp³-hybridized carbons (Fsp3) is 0.235. The van der Waals surface area contributed by atoms with Crippen LogP contribution in [0.5, 0.6) is 0 Å². The third kappa shape index (κ3) is 5.41. The summed E-state index contributed by atoms with van der Waals surface area (Å²) in [5.41, 5.74) is 2.59. The van der Waals surface area contributed by atoms with Gasteiger partial charge in [-0.25, -0.2) is 4.98 Å². The first-order chi connectivity index (χ1) is 11.1. The van der Waals surface area contributed by atoms with Crippen LogP contribution in [-0.2, 0) is 16.1 Å². The van der Waals surface area contributed by atoms with Crippen molar-refractivity contribution >= 4 is 29.3 Å². The predicted molar refractivity (Wildman–Crippen MR) is 92.3 cm³/mol. The quantitative estimate of drug-likeness (QED) is 0.653. The number of aryl methyl sites for hydroxylation is 1. The zero-order valence-corrected chi connectivity index (χ0v) is 13.9. The van der Waals surface area contributed by atoms with Crippen molar-refractivity contribution in [1.29, 1.82) is 0 Å². The summed E-state index contributed by atoms with van der Waals surface area (Å²) in [6.07, 6.45) is 1.54. The second-order valence-corrected chi connectivity index (χ2v) is 6.22. The van der Waals surface area contributed by atoms with Gasteiger partial charge in [0.1, 0.15) is 0 Å². The monoisotopic (exact) mass is 329 g/mol. The maximum Gasteiger partial charge on any atom is 0.313 e. The molecule has 1 heterocycles. The van der Waals surface area contributed by atoms with E-state index in [1.807, 2.05) is 44.2 Å². The molecule has 1 aromatic heterocycles. The van der Waals surface area contributed by atoms with Crippen molar-refractivity contribution in [1.82, 2.24) is 10.3 Å². The van der Waals surface area contributed by atoms with Crippen LogP contribution in [-0.4, -0.2) is 22.6 Å². The molecule has 5 nitrogen and oxygen atoms in total. The van der Waals surface area contributed by atoms with Crippen LogP contribution in [0.25, 0.3) is 0 Å². The summed E-state index contributed by atoms with van der Waals surface area (Å²) in [5.74, 6) is -0.437. The van der Waals surface area contributed by atoms with E-state index in [2.05, 4.69) is 15.6 Å². The summed E-state index contributed by atoms with van der Waals surface area (Å²) in [5, 5.41) is 6.01. The second kappa shape index (κ2) is 8.33. The minimum Gasteiger partial charge on any atom is -0.344 e. The molecule has 0 unspecified atom stereocenters. The van der Waals surface area contributed by atoms with Crippen LogP contribution in [0.4, 0.5) is 5.69 Å². The summed E-state index contributed by atoms with van der Waals surface area (Å²) in [6, 6.07) is 11.3. The molecule has 0 bridgehead atoms. The Labute approximate surface area is 139 Å². The predicted octanol–water partition coefficient (Wildman–Crippen LogP) is 2.76. The van der Waals surface area contributed by atoms with Gasteiger partial charge in [0.25, 0.3) is 0 Å². The number of hydrogen-bond acceptors (Lipinski definition) is 4. The molecule has 0 radical (unpaired) electrons. The highest BCUT2D eigenvalue weighted by atomic mass is 32.2. The van der Waals surface area contributed by atoms with Gasteiger partial charge in [0, 0.05) is 6.54 Å². The third-order valence-corrected chi connectivity index (χ3v) is 3.89. The molecule has 0 aliphatic heterocycles. The van der Waals surface area contributed by atoms with E-state index in [-0.39, 0.29) is 0 Å². The summed E-state index contributed by atoms with van der Waals surface area (Å²) in [7, 11) is 0. The Morgan fingerprint density at radius 2 is 1.83 bits per heavy atom. The van der Waals surface area contributed by atoms with E-state index in [0.29, 0.717) is 12.2 Å². The summed E-state index contributed by atoms with van der Waals surface area (Å²) < 4.78 is 0. The Hall–Kier alpha value is -2.34. The number of amides is 2. The van der Waals surface area contributed by atoms with Gasteiger partial charge in [-0.05, 0) is 30.4 Å². The Balaban J connectivity index is 1.84. The number of aromatic nitrogens is 1. The van der Waals surface area contributed by atoms with Crippen LogP contribution >= 0.6 is 11.8 Å². The number of nitrogens with zero attached hydrogens (tertiary/aromatic N) is 1. The van der Waals surface area contributed by atoms with Crippen molar-refractivity contribution < 1.29 is 9.59 Å². The van der Waals surface area contributed by atoms with Gasteiger partial charge in [-0.15, -0.1) is 11.8 Å². The minimum absolute atomic E-state index is 0.316. The molecule has 2 rings (SSSR count). The molecule has 1 aromatic carbocycles. The maximum atomic E-state index is 11.8. The van der Waals surface area contributed by atoms with Crippen molar-refractivity contribution in [3.63, 3.8) is 0 Å². The molecule has 2 amide bonds. The molecule has 0 saturated carbocycles. The van der Waals surface area contributed by atoms with Gasteiger partial charge in [-0.2, -0.15) is 0 Å². The van der Waals surface area contributed by atoms with Crippen molar-refractivity contribution in [2.75, 3.05) is 11.1 Å². The van der Waals surface area contributed by atoms with E-state index in [1.54, 1.807) is 24.0 Å². The van der Waals surface area contributed by atoms with Gasteiger partial charge < -0.3 is 10.6 Å². The Kier molecular flexibility index (Phi) is 6.17. The first-order valence-corrected chi connectivity index (χ1v) is 8.30. The number of hydrogen-bond donors (Lipinski definition) is 2. The van der Waals surface area contributed by atoms with Crippen LogP contribution in [0.1, 0.15) is 18.1 Å². The Morgan fingerprint density at radius 1 is 1.09 bits per heavy atom. The van der Waals surface area contributed by atoms with Gasteiger partial charge in [0.05, 0.1) is 16.9 Å². The number of thioether (sulfide) groups is 1. The number of rotatable bonds is 5. The third-order valence-electron chi connectivity index (χ3n) is 3.07. The van der Waals surface area contributed by atoms with Crippen molar-refractivity contribution in [2.45, 2.75) is 25.4 Å².